The topological polar surface area (TPSA) is 54.0 Å². The molecule has 2 heterocycles. The Balaban J connectivity index is 0.000000501. The number of rotatable bonds is 6. The van der Waals surface area contributed by atoms with Crippen LogP contribution in [0.15, 0.2) is 231 Å². The Morgan fingerprint density at radius 3 is 0.595 bits per heavy atom. The fourth-order valence-corrected chi connectivity index (χ4v) is 6.60. The summed E-state index contributed by atoms with van der Waals surface area (Å²) >= 11 is 0. The van der Waals surface area contributed by atoms with Gasteiger partial charge in [-0.25, -0.2) is 0 Å². The van der Waals surface area contributed by atoms with Gasteiger partial charge in [-0.2, -0.15) is 148 Å². The first-order valence-corrected chi connectivity index (χ1v) is 24.0. The van der Waals surface area contributed by atoms with Gasteiger partial charge in [-0.05, 0) is 52.0 Å². The summed E-state index contributed by atoms with van der Waals surface area (Å²) < 4.78 is 0. The van der Waals surface area contributed by atoms with E-state index in [1.54, 1.807) is 0 Å². The minimum atomic E-state index is -0.415. The molecule has 7 aromatic carbocycles. The van der Waals surface area contributed by atoms with Gasteiger partial charge in [-0.1, -0.05) is 110 Å². The average molecular weight is 1130 g/mol. The molecule has 0 aliphatic rings. The van der Waals surface area contributed by atoms with Crippen LogP contribution >= 0.6 is 0 Å². The second-order valence-corrected chi connectivity index (χ2v) is 17.9. The predicted molar refractivity (Wildman–Crippen MR) is 311 cm³/mol. The molecule has 0 amide bonds. The minimum absolute atomic E-state index is 0. The number of nitrogens with zero attached hydrogens (tertiary/aromatic N) is 4. The van der Waals surface area contributed by atoms with E-state index >= 15 is 0 Å². The first-order valence-electron chi connectivity index (χ1n) is 24.0. The van der Waals surface area contributed by atoms with Gasteiger partial charge >= 0.3 is 52.4 Å². The molecule has 0 saturated heterocycles. The van der Waals surface area contributed by atoms with Gasteiger partial charge in [0, 0.05) is 23.8 Å². The normalized spacial score (nSPS) is 9.73. The van der Waals surface area contributed by atoms with Crippen molar-refractivity contribution in [3.63, 3.8) is 0 Å². The van der Waals surface area contributed by atoms with Gasteiger partial charge in [0.2, 0.25) is 0 Å². The Kier molecular flexibility index (Phi) is 31.4. The van der Waals surface area contributed by atoms with Crippen molar-refractivity contribution in [3.8, 4) is 0 Å². The van der Waals surface area contributed by atoms with E-state index in [0.717, 1.165) is 78.4 Å². The Hall–Kier alpha value is -6.57. The molecule has 0 spiro atoms. The molecule has 0 radical (unpaired) electrons. The van der Waals surface area contributed by atoms with Crippen LogP contribution in [0.4, 0.5) is 11.4 Å². The van der Waals surface area contributed by atoms with Crippen LogP contribution < -0.4 is 0 Å². The molecule has 374 valence electrons. The van der Waals surface area contributed by atoms with Crippen molar-refractivity contribution in [2.24, 2.45) is 0 Å². The number of benzene rings is 7. The van der Waals surface area contributed by atoms with Gasteiger partial charge in [0.15, 0.2) is 0 Å². The fraction of sp³-hybridized carbons (Fsp3) is 0.147. The molecule has 0 unspecified atom stereocenters. The van der Waals surface area contributed by atoms with E-state index in [9.17, 15) is 0 Å². The maximum Gasteiger partial charge on any atom is 4.00 e. The summed E-state index contributed by atoms with van der Waals surface area (Å²) in [6.45, 7) is 39.3. The molecule has 0 fully saturated rings. The summed E-state index contributed by atoms with van der Waals surface area (Å²) in [4.78, 5) is 9.06. The second-order valence-electron chi connectivity index (χ2n) is 17.9. The van der Waals surface area contributed by atoms with Gasteiger partial charge in [0.05, 0.1) is 0 Å². The molecular formula is C68H74N4Zr2. The van der Waals surface area contributed by atoms with Crippen molar-refractivity contribution in [1.29, 1.82) is 0 Å². The van der Waals surface area contributed by atoms with Gasteiger partial charge in [-0.3, -0.25) is 9.97 Å². The van der Waals surface area contributed by atoms with Gasteiger partial charge in [-0.15, -0.1) is 84.2 Å². The summed E-state index contributed by atoms with van der Waals surface area (Å²) in [5.74, 6) is 0. The molecule has 0 N–H and O–H groups in total. The van der Waals surface area contributed by atoms with Crippen LogP contribution in [0.5, 0.6) is 0 Å². The summed E-state index contributed by atoms with van der Waals surface area (Å²) in [5, 5.41) is 10.3. The van der Waals surface area contributed by atoms with Crippen molar-refractivity contribution in [2.45, 2.75) is 66.5 Å². The van der Waals surface area contributed by atoms with Crippen LogP contribution in [0.3, 0.4) is 0 Å². The second kappa shape index (κ2) is 35.6. The largest absolute Gasteiger partial charge is 4.00 e. The molecule has 6 heteroatoms. The van der Waals surface area contributed by atoms with Crippen molar-refractivity contribution < 1.29 is 52.4 Å². The summed E-state index contributed by atoms with van der Waals surface area (Å²) in [7, 11) is 0. The van der Waals surface area contributed by atoms with E-state index in [-0.39, 0.29) is 52.4 Å². The quantitative estimate of drug-likeness (QED) is 0.156. The molecule has 0 aliphatic carbocycles. The molecule has 0 aliphatic heterocycles. The van der Waals surface area contributed by atoms with E-state index < -0.39 is 11.1 Å². The van der Waals surface area contributed by atoms with Gasteiger partial charge in [0.1, 0.15) is 0 Å². The van der Waals surface area contributed by atoms with E-state index in [1.165, 1.54) is 0 Å². The summed E-state index contributed by atoms with van der Waals surface area (Å²) in [6, 6.07) is 71.2. The standard InChI is InChI=1S/C26H32N4.6C7H7.2Zr/c1-17-18(2)24(30-26(7,8)22-14-10-12-16-28-22)20(4)19(3)23(17)29-25(5,6)21-13-9-11-15-27-21;6*1-7-5-3-2-4-6-7;;/h9-16H,1-8H3;6*2-6H,1H2;;/q-2;6*-1;2*+4. The van der Waals surface area contributed by atoms with E-state index in [2.05, 4.69) is 107 Å². The summed E-state index contributed by atoms with van der Waals surface area (Å²) in [5.41, 5.74) is 14.3. The van der Waals surface area contributed by atoms with Gasteiger partial charge < -0.3 is 10.6 Å². The third kappa shape index (κ3) is 25.4. The van der Waals surface area contributed by atoms with Crippen molar-refractivity contribution in [3.05, 3.63) is 350 Å². The number of hydrogen-bond donors (Lipinski definition) is 0. The monoisotopic (exact) mass is 1130 g/mol. The van der Waals surface area contributed by atoms with Crippen LogP contribution in [0, 0.1) is 69.2 Å². The Labute approximate surface area is 486 Å². The Morgan fingerprint density at radius 1 is 0.284 bits per heavy atom. The number of hydrogen-bond acceptors (Lipinski definition) is 2. The van der Waals surface area contributed by atoms with E-state index in [0.29, 0.717) is 0 Å². The Morgan fingerprint density at radius 2 is 0.459 bits per heavy atom. The molecule has 74 heavy (non-hydrogen) atoms. The van der Waals surface area contributed by atoms with Crippen LogP contribution in [-0.2, 0) is 63.5 Å². The predicted octanol–water partition coefficient (Wildman–Crippen LogP) is 18.8. The van der Waals surface area contributed by atoms with Crippen LogP contribution in [0.2, 0.25) is 0 Å². The maximum absolute atomic E-state index is 5.16. The first-order chi connectivity index (χ1) is 34.4. The van der Waals surface area contributed by atoms with E-state index in [4.69, 9.17) is 10.6 Å². The average Bonchev–Trinajstić information content (AvgIpc) is 3.39. The molecule has 9 rings (SSSR count). The maximum atomic E-state index is 5.16. The zero-order valence-corrected chi connectivity index (χ0v) is 49.9. The van der Waals surface area contributed by atoms with E-state index in [1.807, 2.05) is 231 Å². The van der Waals surface area contributed by atoms with Crippen LogP contribution in [0.25, 0.3) is 10.6 Å². The Bertz CT molecular complexity index is 2390. The molecule has 2 aromatic heterocycles. The smallest absolute Gasteiger partial charge is 0.674 e. The zero-order chi connectivity index (χ0) is 52.8. The molecule has 0 atom stereocenters. The fourth-order valence-electron chi connectivity index (χ4n) is 6.60. The minimum Gasteiger partial charge on any atom is -0.674 e. The SMILES string of the molecule is Cc1c(C)c([N-]C(C)(C)c2ccccn2)c(C)c(C)c1[N-]C(C)(C)c1ccccn1.[CH2-]c1ccccc1.[CH2-]c1ccccc1.[CH2-]c1ccccc1.[CH2-]c1ccccc1.[CH2-]c1ccccc1.[CH2-]c1ccccc1.[Zr+4].[Zr+4]. The molecule has 0 saturated carbocycles. The van der Waals surface area contributed by atoms with Crippen molar-refractivity contribution in [2.75, 3.05) is 0 Å². The van der Waals surface area contributed by atoms with Crippen molar-refractivity contribution in [1.82, 2.24) is 9.97 Å². The number of aromatic nitrogens is 2. The van der Waals surface area contributed by atoms with Gasteiger partial charge in [0.25, 0.3) is 0 Å². The number of pyridine rings is 2. The molecule has 4 nitrogen and oxygen atoms in total. The molecule has 0 bridgehead atoms. The van der Waals surface area contributed by atoms with Crippen LogP contribution in [0.1, 0.15) is 94.7 Å². The zero-order valence-electron chi connectivity index (χ0n) is 45.0. The molecular weight excluding hydrogens is 1060 g/mol. The summed E-state index contributed by atoms with van der Waals surface area (Å²) in [6.07, 6.45) is 3.65. The third-order valence-corrected chi connectivity index (χ3v) is 11.0. The third-order valence-electron chi connectivity index (χ3n) is 11.0. The van der Waals surface area contributed by atoms with Crippen LogP contribution in [-0.4, -0.2) is 9.97 Å². The van der Waals surface area contributed by atoms with Crippen molar-refractivity contribution >= 4 is 11.4 Å². The first kappa shape index (κ1) is 65.4. The molecule has 9 aromatic rings.